The fourth-order valence-electron chi connectivity index (χ4n) is 1.88. The Morgan fingerprint density at radius 1 is 1.19 bits per heavy atom. The van der Waals surface area contributed by atoms with Crippen LogP contribution in [0.3, 0.4) is 0 Å². The van der Waals surface area contributed by atoms with Crippen LogP contribution in [0.5, 0.6) is 5.75 Å². The number of ether oxygens (including phenoxy) is 1. The van der Waals surface area contributed by atoms with Crippen molar-refractivity contribution in [3.63, 3.8) is 0 Å². The van der Waals surface area contributed by atoms with Gasteiger partial charge in [0.2, 0.25) is 0 Å². The van der Waals surface area contributed by atoms with E-state index in [-0.39, 0.29) is 6.10 Å². The summed E-state index contributed by atoms with van der Waals surface area (Å²) in [5.41, 5.74) is 1.06. The van der Waals surface area contributed by atoms with Gasteiger partial charge in [-0.3, -0.25) is 0 Å². The van der Waals surface area contributed by atoms with Gasteiger partial charge in [0, 0.05) is 12.1 Å². The Morgan fingerprint density at radius 2 is 2.00 bits per heavy atom. The van der Waals surface area contributed by atoms with Crippen LogP contribution in [0, 0.1) is 5.92 Å². The molecular formula is C16H23N3OS. The highest BCUT2D eigenvalue weighted by molar-refractivity contribution is 7.14. The molecule has 0 fully saturated rings. The predicted octanol–water partition coefficient (Wildman–Crippen LogP) is 3.74. The highest BCUT2D eigenvalue weighted by Crippen LogP contribution is 2.27. The van der Waals surface area contributed by atoms with Gasteiger partial charge in [0.1, 0.15) is 15.8 Å². The lowest BCUT2D eigenvalue weighted by atomic mass is 10.2. The smallest absolute Gasteiger partial charge is 0.147 e. The van der Waals surface area contributed by atoms with Crippen LogP contribution in [0.25, 0.3) is 10.6 Å². The molecule has 0 spiro atoms. The molecule has 5 heteroatoms. The quantitative estimate of drug-likeness (QED) is 0.846. The number of rotatable bonds is 7. The lowest BCUT2D eigenvalue weighted by Gasteiger charge is -2.09. The largest absolute Gasteiger partial charge is 0.491 e. The Balaban J connectivity index is 2.03. The highest BCUT2D eigenvalue weighted by atomic mass is 32.1. The molecule has 2 rings (SSSR count). The van der Waals surface area contributed by atoms with E-state index in [0.29, 0.717) is 5.92 Å². The number of hydrogen-bond donors (Lipinski definition) is 1. The number of hydrogen-bond acceptors (Lipinski definition) is 5. The average Bonchev–Trinajstić information content (AvgIpc) is 2.86. The summed E-state index contributed by atoms with van der Waals surface area (Å²) in [4.78, 5) is 0. The van der Waals surface area contributed by atoms with Crippen LogP contribution in [0.15, 0.2) is 24.3 Å². The van der Waals surface area contributed by atoms with Crippen molar-refractivity contribution in [3.05, 3.63) is 29.3 Å². The van der Waals surface area contributed by atoms with Crippen molar-refractivity contribution < 1.29 is 4.74 Å². The molecule has 1 N–H and O–H groups in total. The molecule has 21 heavy (non-hydrogen) atoms. The van der Waals surface area contributed by atoms with E-state index in [0.717, 1.165) is 34.4 Å². The molecule has 0 bridgehead atoms. The normalized spacial score (nSPS) is 11.3. The second-order valence-corrected chi connectivity index (χ2v) is 6.78. The summed E-state index contributed by atoms with van der Waals surface area (Å²) >= 11 is 1.62. The molecule has 4 nitrogen and oxygen atoms in total. The summed E-state index contributed by atoms with van der Waals surface area (Å²) in [6, 6.07) is 8.02. The molecule has 1 aromatic heterocycles. The third-order valence-corrected chi connectivity index (χ3v) is 3.72. The minimum absolute atomic E-state index is 0.172. The van der Waals surface area contributed by atoms with Crippen molar-refractivity contribution in [2.45, 2.75) is 40.3 Å². The van der Waals surface area contributed by atoms with Gasteiger partial charge >= 0.3 is 0 Å². The molecule has 0 aliphatic rings. The molecule has 1 aromatic carbocycles. The van der Waals surface area contributed by atoms with Gasteiger partial charge in [-0.15, -0.1) is 10.2 Å². The standard InChI is InChI=1S/C16H23N3OS/c1-11(2)9-17-10-15-18-19-16(21-15)13-6-5-7-14(8-13)20-12(3)4/h5-8,11-12,17H,9-10H2,1-4H3. The first kappa shape index (κ1) is 15.9. The second-order valence-electron chi connectivity index (χ2n) is 5.72. The predicted molar refractivity (Wildman–Crippen MR) is 87.7 cm³/mol. The van der Waals surface area contributed by atoms with Crippen LogP contribution in [0.1, 0.15) is 32.7 Å². The number of nitrogens with one attached hydrogen (secondary N) is 1. The van der Waals surface area contributed by atoms with Crippen molar-refractivity contribution in [3.8, 4) is 16.3 Å². The van der Waals surface area contributed by atoms with Gasteiger partial charge in [0.25, 0.3) is 0 Å². The first-order valence-electron chi connectivity index (χ1n) is 7.34. The molecule has 0 saturated heterocycles. The summed E-state index contributed by atoms with van der Waals surface area (Å²) in [6.45, 7) is 10.2. The first-order valence-corrected chi connectivity index (χ1v) is 8.16. The minimum Gasteiger partial charge on any atom is -0.491 e. The van der Waals surface area contributed by atoms with Crippen molar-refractivity contribution in [2.75, 3.05) is 6.54 Å². The van der Waals surface area contributed by atoms with Crippen LogP contribution in [-0.2, 0) is 6.54 Å². The van der Waals surface area contributed by atoms with E-state index in [2.05, 4.69) is 29.4 Å². The molecule has 0 atom stereocenters. The molecule has 1 heterocycles. The minimum atomic E-state index is 0.172. The maximum Gasteiger partial charge on any atom is 0.147 e. The lowest BCUT2D eigenvalue weighted by Crippen LogP contribution is -2.18. The molecule has 114 valence electrons. The third-order valence-electron chi connectivity index (χ3n) is 2.75. The number of nitrogens with zero attached hydrogens (tertiary/aromatic N) is 2. The summed E-state index contributed by atoms with van der Waals surface area (Å²) < 4.78 is 5.72. The van der Waals surface area contributed by atoms with Gasteiger partial charge in [-0.25, -0.2) is 0 Å². The van der Waals surface area contributed by atoms with Crippen molar-refractivity contribution in [2.24, 2.45) is 5.92 Å². The lowest BCUT2D eigenvalue weighted by molar-refractivity contribution is 0.242. The first-order chi connectivity index (χ1) is 10.0. The number of aromatic nitrogens is 2. The van der Waals surface area contributed by atoms with Crippen LogP contribution in [-0.4, -0.2) is 22.8 Å². The van der Waals surface area contributed by atoms with Crippen LogP contribution < -0.4 is 10.1 Å². The van der Waals surface area contributed by atoms with E-state index in [9.17, 15) is 0 Å². The zero-order valence-electron chi connectivity index (χ0n) is 13.1. The molecule has 0 aliphatic heterocycles. The molecule has 2 aromatic rings. The maximum atomic E-state index is 5.72. The molecular weight excluding hydrogens is 282 g/mol. The van der Waals surface area contributed by atoms with E-state index in [4.69, 9.17) is 4.74 Å². The van der Waals surface area contributed by atoms with Crippen LogP contribution >= 0.6 is 11.3 Å². The molecule has 0 unspecified atom stereocenters. The maximum absolute atomic E-state index is 5.72. The van der Waals surface area contributed by atoms with Gasteiger partial charge in [-0.1, -0.05) is 37.3 Å². The van der Waals surface area contributed by atoms with E-state index in [1.54, 1.807) is 11.3 Å². The van der Waals surface area contributed by atoms with E-state index >= 15 is 0 Å². The molecule has 0 amide bonds. The Kier molecular flexibility index (Phi) is 5.70. The summed E-state index contributed by atoms with van der Waals surface area (Å²) in [5, 5.41) is 13.9. The van der Waals surface area contributed by atoms with Gasteiger partial charge in [0.05, 0.1) is 6.10 Å². The highest BCUT2D eigenvalue weighted by Gasteiger charge is 2.08. The van der Waals surface area contributed by atoms with E-state index in [1.807, 2.05) is 38.1 Å². The summed E-state index contributed by atoms with van der Waals surface area (Å²) in [5.74, 6) is 1.51. The fourth-order valence-corrected chi connectivity index (χ4v) is 2.69. The van der Waals surface area contributed by atoms with Gasteiger partial charge < -0.3 is 10.1 Å². The van der Waals surface area contributed by atoms with Crippen molar-refractivity contribution in [1.82, 2.24) is 15.5 Å². The average molecular weight is 305 g/mol. The number of benzene rings is 1. The van der Waals surface area contributed by atoms with Gasteiger partial charge in [-0.05, 0) is 38.4 Å². The van der Waals surface area contributed by atoms with E-state index < -0.39 is 0 Å². The SMILES string of the molecule is CC(C)CNCc1nnc(-c2cccc(OC(C)C)c2)s1. The third kappa shape index (κ3) is 5.10. The van der Waals surface area contributed by atoms with Crippen LogP contribution in [0.4, 0.5) is 0 Å². The zero-order chi connectivity index (χ0) is 15.2. The summed E-state index contributed by atoms with van der Waals surface area (Å²) in [6.07, 6.45) is 0.172. The molecule has 0 saturated carbocycles. The Bertz CT molecular complexity index is 566. The monoisotopic (exact) mass is 305 g/mol. The topological polar surface area (TPSA) is 47.0 Å². The van der Waals surface area contributed by atoms with E-state index in [1.165, 1.54) is 0 Å². The zero-order valence-corrected chi connectivity index (χ0v) is 13.9. The van der Waals surface area contributed by atoms with Crippen LogP contribution in [0.2, 0.25) is 0 Å². The molecule has 0 aliphatic carbocycles. The Morgan fingerprint density at radius 3 is 2.71 bits per heavy atom. The summed E-state index contributed by atoms with van der Waals surface area (Å²) in [7, 11) is 0. The molecule has 0 radical (unpaired) electrons. The fraction of sp³-hybridized carbons (Fsp3) is 0.500. The second kappa shape index (κ2) is 7.52. The van der Waals surface area contributed by atoms with Crippen molar-refractivity contribution >= 4 is 11.3 Å². The van der Waals surface area contributed by atoms with Gasteiger partial charge in [0.15, 0.2) is 0 Å². The Labute approximate surface area is 130 Å². The van der Waals surface area contributed by atoms with Crippen molar-refractivity contribution in [1.29, 1.82) is 0 Å². The Hall–Kier alpha value is -1.46. The van der Waals surface area contributed by atoms with Gasteiger partial charge in [-0.2, -0.15) is 0 Å².